The molecule has 0 atom stereocenters. The molecule has 0 radical (unpaired) electrons. The number of carbonyl (C=O) groups is 1. The Morgan fingerprint density at radius 3 is 1.94 bits per heavy atom. The van der Waals surface area contributed by atoms with Crippen LogP contribution in [0.5, 0.6) is 0 Å². The lowest BCUT2D eigenvalue weighted by molar-refractivity contribution is 0.0956. The Hall–Kier alpha value is -3.16. The summed E-state index contributed by atoms with van der Waals surface area (Å²) in [5.74, 6) is -0.375. The minimum Gasteiger partial charge on any atom is -0.369 e. The molecule has 1 aliphatic rings. The number of carbonyl (C=O) groups excluding carboxylic acids is 1. The molecule has 1 N–H and O–H groups in total. The van der Waals surface area contributed by atoms with Crippen molar-refractivity contribution in [2.75, 3.05) is 43.4 Å². The predicted molar refractivity (Wildman–Crippen MR) is 128 cm³/mol. The number of amides is 1. The molecule has 1 amide bonds. The maximum absolute atomic E-state index is 12.7. The summed E-state index contributed by atoms with van der Waals surface area (Å²) in [6.07, 6.45) is 0. The normalized spacial score (nSPS) is 14.8. The van der Waals surface area contributed by atoms with Crippen LogP contribution in [0, 0.1) is 0 Å². The maximum atomic E-state index is 12.7. The molecule has 0 unspecified atom stereocenters. The highest BCUT2D eigenvalue weighted by atomic mass is 32.2. The fourth-order valence-electron chi connectivity index (χ4n) is 3.83. The summed E-state index contributed by atoms with van der Waals surface area (Å²) in [6.45, 7) is 2.30. The molecule has 0 bridgehead atoms. The monoisotopic (exact) mass is 449 g/mol. The zero-order valence-corrected chi connectivity index (χ0v) is 18.7. The number of nitrogens with zero attached hydrogens (tertiary/aromatic N) is 2. The molecule has 6 nitrogen and oxygen atoms in total. The molecule has 0 aromatic heterocycles. The van der Waals surface area contributed by atoms with Crippen molar-refractivity contribution in [2.24, 2.45) is 0 Å². The highest BCUT2D eigenvalue weighted by molar-refractivity contribution is 7.89. The van der Waals surface area contributed by atoms with Gasteiger partial charge in [0.15, 0.2) is 0 Å². The molecule has 32 heavy (non-hydrogen) atoms. The van der Waals surface area contributed by atoms with Crippen molar-refractivity contribution in [3.05, 3.63) is 90.5 Å². The molecular formula is C25H27N3O3S. The largest absolute Gasteiger partial charge is 0.369 e. The van der Waals surface area contributed by atoms with E-state index >= 15 is 0 Å². The van der Waals surface area contributed by atoms with Crippen molar-refractivity contribution < 1.29 is 13.2 Å². The van der Waals surface area contributed by atoms with Gasteiger partial charge >= 0.3 is 0 Å². The summed E-state index contributed by atoms with van der Waals surface area (Å²) in [4.78, 5) is 14.6. The lowest BCUT2D eigenvalue weighted by Crippen LogP contribution is -2.50. The number of sulfonamides is 1. The topological polar surface area (TPSA) is 69.7 Å². The lowest BCUT2D eigenvalue weighted by atomic mass is 10.0. The van der Waals surface area contributed by atoms with E-state index in [2.05, 4.69) is 10.2 Å². The highest BCUT2D eigenvalue weighted by Crippen LogP contribution is 2.19. The molecule has 7 heteroatoms. The Bertz CT molecular complexity index is 1130. The van der Waals surface area contributed by atoms with Crippen molar-refractivity contribution in [2.45, 2.75) is 0 Å². The van der Waals surface area contributed by atoms with Crippen LogP contribution in [0.15, 0.2) is 84.9 Å². The first-order valence-corrected chi connectivity index (χ1v) is 12.4. The minimum absolute atomic E-state index is 0.0838. The van der Waals surface area contributed by atoms with E-state index < -0.39 is 10.0 Å². The standard InChI is InChI=1S/C25H27N3O3S/c29-25(23-13-11-22(12-14-23)21-7-3-1-4-8-21)26-15-20-32(30,31)28-18-16-27(17-19-28)24-9-5-2-6-10-24/h1-14H,15-20H2,(H,26,29). The summed E-state index contributed by atoms with van der Waals surface area (Å²) in [7, 11) is -3.42. The van der Waals surface area contributed by atoms with Gasteiger partial charge in [-0.2, -0.15) is 4.31 Å². The van der Waals surface area contributed by atoms with Crippen molar-refractivity contribution in [3.8, 4) is 11.1 Å². The molecule has 1 aliphatic heterocycles. The molecule has 166 valence electrons. The van der Waals surface area contributed by atoms with Crippen LogP contribution in [0.4, 0.5) is 5.69 Å². The van der Waals surface area contributed by atoms with Gasteiger partial charge in [0, 0.05) is 44.0 Å². The van der Waals surface area contributed by atoms with Crippen molar-refractivity contribution in [1.82, 2.24) is 9.62 Å². The van der Waals surface area contributed by atoms with Crippen molar-refractivity contribution >= 4 is 21.6 Å². The zero-order valence-electron chi connectivity index (χ0n) is 17.9. The Morgan fingerprint density at radius 1 is 0.750 bits per heavy atom. The minimum atomic E-state index is -3.42. The number of benzene rings is 3. The number of nitrogens with one attached hydrogen (secondary N) is 1. The van der Waals surface area contributed by atoms with Crippen molar-refractivity contribution in [1.29, 1.82) is 0 Å². The van der Waals surface area contributed by atoms with E-state index in [1.54, 1.807) is 12.1 Å². The Morgan fingerprint density at radius 2 is 1.31 bits per heavy atom. The van der Waals surface area contributed by atoms with Crippen molar-refractivity contribution in [3.63, 3.8) is 0 Å². The van der Waals surface area contributed by atoms with Crippen LogP contribution >= 0.6 is 0 Å². The van der Waals surface area contributed by atoms with Crippen LogP contribution in [0.2, 0.25) is 0 Å². The second-order valence-electron chi connectivity index (χ2n) is 7.74. The summed E-state index contributed by atoms with van der Waals surface area (Å²) in [5, 5.41) is 2.73. The molecule has 3 aromatic carbocycles. The molecule has 4 rings (SSSR count). The molecule has 1 saturated heterocycles. The Balaban J connectivity index is 1.26. The molecule has 1 heterocycles. The molecule has 0 saturated carbocycles. The maximum Gasteiger partial charge on any atom is 0.251 e. The first-order valence-electron chi connectivity index (χ1n) is 10.7. The second kappa shape index (κ2) is 9.97. The quantitative estimate of drug-likeness (QED) is 0.601. The van der Waals surface area contributed by atoms with Gasteiger partial charge in [0.05, 0.1) is 5.75 Å². The van der Waals surface area contributed by atoms with E-state index in [9.17, 15) is 13.2 Å². The van der Waals surface area contributed by atoms with Gasteiger partial charge in [-0.3, -0.25) is 4.79 Å². The lowest BCUT2D eigenvalue weighted by Gasteiger charge is -2.35. The number of hydrogen-bond donors (Lipinski definition) is 1. The Kier molecular flexibility index (Phi) is 6.87. The third kappa shape index (κ3) is 5.36. The van der Waals surface area contributed by atoms with Crippen LogP contribution in [-0.4, -0.2) is 57.1 Å². The third-order valence-electron chi connectivity index (χ3n) is 5.65. The van der Waals surface area contributed by atoms with E-state index in [1.807, 2.05) is 72.8 Å². The van der Waals surface area contributed by atoms with Crippen LogP contribution in [0.3, 0.4) is 0 Å². The third-order valence-corrected chi connectivity index (χ3v) is 7.53. The van der Waals surface area contributed by atoms with Gasteiger partial charge in [-0.15, -0.1) is 0 Å². The molecule has 0 spiro atoms. The smallest absolute Gasteiger partial charge is 0.251 e. The van der Waals surface area contributed by atoms with Crippen LogP contribution in [0.1, 0.15) is 10.4 Å². The van der Waals surface area contributed by atoms with Crippen LogP contribution in [-0.2, 0) is 10.0 Å². The van der Waals surface area contributed by atoms with Gasteiger partial charge in [-0.1, -0.05) is 60.7 Å². The fraction of sp³-hybridized carbons (Fsp3) is 0.240. The van der Waals surface area contributed by atoms with Gasteiger partial charge < -0.3 is 10.2 Å². The summed E-state index contributed by atoms with van der Waals surface area (Å²) in [5.41, 5.74) is 3.73. The first-order chi connectivity index (χ1) is 15.5. The zero-order chi connectivity index (χ0) is 22.4. The number of para-hydroxylation sites is 1. The Labute approximate surface area is 189 Å². The van der Waals surface area contributed by atoms with Gasteiger partial charge in [0.2, 0.25) is 10.0 Å². The average molecular weight is 450 g/mol. The second-order valence-corrected chi connectivity index (χ2v) is 9.83. The fourth-order valence-corrected chi connectivity index (χ4v) is 5.17. The predicted octanol–water partition coefficient (Wildman–Crippen LogP) is 3.24. The van der Waals surface area contributed by atoms with Gasteiger partial charge in [0.25, 0.3) is 5.91 Å². The number of anilines is 1. The van der Waals surface area contributed by atoms with Gasteiger partial charge in [-0.05, 0) is 35.4 Å². The van der Waals surface area contributed by atoms with Gasteiger partial charge in [-0.25, -0.2) is 8.42 Å². The highest BCUT2D eigenvalue weighted by Gasteiger charge is 2.26. The first kappa shape index (κ1) is 22.0. The molecule has 3 aromatic rings. The summed E-state index contributed by atoms with van der Waals surface area (Å²) in [6, 6.07) is 27.2. The SMILES string of the molecule is O=C(NCCS(=O)(=O)N1CCN(c2ccccc2)CC1)c1ccc(-c2ccccc2)cc1. The summed E-state index contributed by atoms with van der Waals surface area (Å²) >= 11 is 0. The van der Waals surface area contributed by atoms with Crippen LogP contribution in [0.25, 0.3) is 11.1 Å². The molecular weight excluding hydrogens is 422 g/mol. The van der Waals surface area contributed by atoms with E-state index in [0.29, 0.717) is 31.7 Å². The van der Waals surface area contributed by atoms with Gasteiger partial charge in [0.1, 0.15) is 0 Å². The number of rotatable bonds is 7. The molecule has 0 aliphatic carbocycles. The van der Waals surface area contributed by atoms with Crippen LogP contribution < -0.4 is 10.2 Å². The van der Waals surface area contributed by atoms with E-state index in [1.165, 1.54) is 4.31 Å². The van der Waals surface area contributed by atoms with E-state index in [-0.39, 0.29) is 18.2 Å². The summed E-state index contributed by atoms with van der Waals surface area (Å²) < 4.78 is 26.9. The number of hydrogen-bond acceptors (Lipinski definition) is 4. The van der Waals surface area contributed by atoms with E-state index in [4.69, 9.17) is 0 Å². The average Bonchev–Trinajstić information content (AvgIpc) is 2.85. The van der Waals surface area contributed by atoms with E-state index in [0.717, 1.165) is 16.8 Å². The molecule has 1 fully saturated rings. The number of piperazine rings is 1.